The molecule has 0 spiro atoms. The standard InChI is InChI=1S/C19H26O5/c1-10(2)18(21)23-15-8-11(3)6-7-14(20)12(4)9-16-17(15)13(5)19(22)24-16/h6,10,12,15-17H,5,7-9H2,1-4H3/b11-6-/t12-,15?,16+,17+/m0/s1. The van der Waals surface area contributed by atoms with Crippen LogP contribution in [0.25, 0.3) is 0 Å². The van der Waals surface area contributed by atoms with Crippen LogP contribution in [-0.2, 0) is 23.9 Å². The summed E-state index contributed by atoms with van der Waals surface area (Å²) in [4.78, 5) is 36.3. The Kier molecular flexibility index (Phi) is 5.62. The molecule has 0 aromatic heterocycles. The predicted octanol–water partition coefficient (Wildman–Crippen LogP) is 2.99. The van der Waals surface area contributed by atoms with Crippen molar-refractivity contribution in [3.8, 4) is 0 Å². The molecule has 0 bridgehead atoms. The van der Waals surface area contributed by atoms with Crippen molar-refractivity contribution in [1.29, 1.82) is 0 Å². The Morgan fingerprint density at radius 3 is 2.67 bits per heavy atom. The molecule has 1 unspecified atom stereocenters. The Labute approximate surface area is 143 Å². The zero-order chi connectivity index (χ0) is 18.0. The minimum absolute atomic E-state index is 0.124. The summed E-state index contributed by atoms with van der Waals surface area (Å²) in [5, 5.41) is 0. The summed E-state index contributed by atoms with van der Waals surface area (Å²) in [6.45, 7) is 11.1. The summed E-state index contributed by atoms with van der Waals surface area (Å²) in [5.41, 5.74) is 1.29. The molecule has 1 heterocycles. The largest absolute Gasteiger partial charge is 0.461 e. The van der Waals surface area contributed by atoms with E-state index in [1.807, 2.05) is 19.9 Å². The van der Waals surface area contributed by atoms with Crippen LogP contribution in [0.15, 0.2) is 23.8 Å². The maximum absolute atomic E-state index is 12.2. The van der Waals surface area contributed by atoms with Crippen LogP contribution in [0.3, 0.4) is 0 Å². The van der Waals surface area contributed by atoms with Crippen LogP contribution < -0.4 is 0 Å². The fraction of sp³-hybridized carbons (Fsp3) is 0.632. The number of carbonyl (C=O) groups excluding carboxylic acids is 3. The van der Waals surface area contributed by atoms with Crippen molar-refractivity contribution in [3.63, 3.8) is 0 Å². The average Bonchev–Trinajstić information content (AvgIpc) is 2.77. The quantitative estimate of drug-likeness (QED) is 0.441. The fourth-order valence-corrected chi connectivity index (χ4v) is 3.19. The Morgan fingerprint density at radius 2 is 2.04 bits per heavy atom. The summed E-state index contributed by atoms with van der Waals surface area (Å²) in [6, 6.07) is 0. The summed E-state index contributed by atoms with van der Waals surface area (Å²) in [5.74, 6) is -1.53. The number of ketones is 1. The first-order chi connectivity index (χ1) is 11.2. The van der Waals surface area contributed by atoms with Gasteiger partial charge in [0, 0.05) is 24.3 Å². The van der Waals surface area contributed by atoms with E-state index in [-0.39, 0.29) is 23.6 Å². The molecule has 4 atom stereocenters. The van der Waals surface area contributed by atoms with Gasteiger partial charge in [-0.2, -0.15) is 0 Å². The molecule has 0 N–H and O–H groups in total. The van der Waals surface area contributed by atoms with Crippen molar-refractivity contribution >= 4 is 17.7 Å². The number of Topliss-reactive ketones (excluding diaryl/α,β-unsaturated/α-hetero) is 1. The first kappa shape index (κ1) is 18.4. The highest BCUT2D eigenvalue weighted by atomic mass is 16.6. The van der Waals surface area contributed by atoms with E-state index in [2.05, 4.69) is 6.58 Å². The van der Waals surface area contributed by atoms with Gasteiger partial charge in [-0.1, -0.05) is 39.0 Å². The maximum atomic E-state index is 12.2. The van der Waals surface area contributed by atoms with Gasteiger partial charge in [0.1, 0.15) is 18.0 Å². The van der Waals surface area contributed by atoms with E-state index in [0.29, 0.717) is 24.8 Å². The molecule has 0 radical (unpaired) electrons. The van der Waals surface area contributed by atoms with E-state index in [9.17, 15) is 14.4 Å². The molecule has 24 heavy (non-hydrogen) atoms. The molecule has 5 heteroatoms. The van der Waals surface area contributed by atoms with Crippen LogP contribution in [0.1, 0.15) is 47.0 Å². The highest BCUT2D eigenvalue weighted by Crippen LogP contribution is 2.38. The molecule has 5 nitrogen and oxygen atoms in total. The van der Waals surface area contributed by atoms with E-state index in [1.165, 1.54) is 0 Å². The van der Waals surface area contributed by atoms with Crippen molar-refractivity contribution in [3.05, 3.63) is 23.8 Å². The summed E-state index contributed by atoms with van der Waals surface area (Å²) in [7, 11) is 0. The molecule has 132 valence electrons. The lowest BCUT2D eigenvalue weighted by Gasteiger charge is -2.30. The zero-order valence-corrected chi connectivity index (χ0v) is 14.8. The normalized spacial score (nSPS) is 33.5. The van der Waals surface area contributed by atoms with Crippen LogP contribution in [0.4, 0.5) is 0 Å². The third-order valence-corrected chi connectivity index (χ3v) is 4.77. The second kappa shape index (κ2) is 7.32. The van der Waals surface area contributed by atoms with Crippen LogP contribution in [0, 0.1) is 17.8 Å². The first-order valence-electron chi connectivity index (χ1n) is 8.49. The van der Waals surface area contributed by atoms with Gasteiger partial charge in [-0.15, -0.1) is 0 Å². The molecule has 0 aromatic carbocycles. The third-order valence-electron chi connectivity index (χ3n) is 4.77. The summed E-state index contributed by atoms with van der Waals surface area (Å²) in [6.07, 6.45) is 2.16. The lowest BCUT2D eigenvalue weighted by molar-refractivity contribution is -0.156. The highest BCUT2D eigenvalue weighted by molar-refractivity contribution is 5.91. The van der Waals surface area contributed by atoms with Crippen molar-refractivity contribution < 1.29 is 23.9 Å². The number of esters is 2. The number of fused-ring (bicyclic) bond motifs is 1. The fourth-order valence-electron chi connectivity index (χ4n) is 3.19. The van der Waals surface area contributed by atoms with Gasteiger partial charge in [0.25, 0.3) is 0 Å². The number of hydrogen-bond acceptors (Lipinski definition) is 5. The Hall–Kier alpha value is -1.91. The molecule has 1 aliphatic carbocycles. The number of allylic oxidation sites excluding steroid dienone is 1. The third kappa shape index (κ3) is 3.94. The van der Waals surface area contributed by atoms with Crippen LogP contribution in [0.5, 0.6) is 0 Å². The van der Waals surface area contributed by atoms with Gasteiger partial charge >= 0.3 is 11.9 Å². The smallest absolute Gasteiger partial charge is 0.334 e. The first-order valence-corrected chi connectivity index (χ1v) is 8.49. The average molecular weight is 334 g/mol. The molecular formula is C19H26O5. The molecule has 1 fully saturated rings. The minimum Gasteiger partial charge on any atom is -0.461 e. The SMILES string of the molecule is C=C1C(=O)O[C@@H]2C[C@H](C)C(=O)C/C=C(/C)CC(OC(=O)C(C)C)[C@@H]12. The molecular weight excluding hydrogens is 308 g/mol. The Balaban J connectivity index is 2.36. The molecule has 0 saturated carbocycles. The van der Waals surface area contributed by atoms with Crippen molar-refractivity contribution in [1.82, 2.24) is 0 Å². The maximum Gasteiger partial charge on any atom is 0.334 e. The number of hydrogen-bond donors (Lipinski definition) is 0. The number of carbonyl (C=O) groups is 3. The van der Waals surface area contributed by atoms with E-state index >= 15 is 0 Å². The minimum atomic E-state index is -0.500. The second-order valence-electron chi connectivity index (χ2n) is 7.19. The summed E-state index contributed by atoms with van der Waals surface area (Å²) < 4.78 is 11.1. The Bertz CT molecular complexity index is 587. The molecule has 1 aliphatic heterocycles. The van der Waals surface area contributed by atoms with Gasteiger partial charge in [0.05, 0.1) is 11.8 Å². The zero-order valence-electron chi connectivity index (χ0n) is 14.8. The van der Waals surface area contributed by atoms with Gasteiger partial charge in [-0.3, -0.25) is 9.59 Å². The lowest BCUT2D eigenvalue weighted by atomic mass is 9.81. The van der Waals surface area contributed by atoms with E-state index < -0.39 is 24.1 Å². The second-order valence-corrected chi connectivity index (χ2v) is 7.19. The molecule has 2 aliphatic rings. The summed E-state index contributed by atoms with van der Waals surface area (Å²) >= 11 is 0. The monoisotopic (exact) mass is 334 g/mol. The number of rotatable bonds is 2. The molecule has 2 rings (SSSR count). The lowest BCUT2D eigenvalue weighted by Crippen LogP contribution is -2.36. The van der Waals surface area contributed by atoms with Gasteiger partial charge in [0.15, 0.2) is 0 Å². The van der Waals surface area contributed by atoms with E-state index in [4.69, 9.17) is 9.47 Å². The number of ether oxygens (including phenoxy) is 2. The predicted molar refractivity (Wildman–Crippen MR) is 89.0 cm³/mol. The topological polar surface area (TPSA) is 69.7 Å². The van der Waals surface area contributed by atoms with E-state index in [1.54, 1.807) is 13.8 Å². The molecule has 0 amide bonds. The van der Waals surface area contributed by atoms with Crippen LogP contribution >= 0.6 is 0 Å². The molecule has 1 saturated heterocycles. The van der Waals surface area contributed by atoms with Crippen molar-refractivity contribution in [2.75, 3.05) is 0 Å². The van der Waals surface area contributed by atoms with Crippen LogP contribution in [-0.4, -0.2) is 29.9 Å². The van der Waals surface area contributed by atoms with Gasteiger partial charge in [0.2, 0.25) is 0 Å². The highest BCUT2D eigenvalue weighted by Gasteiger charge is 2.46. The van der Waals surface area contributed by atoms with Crippen LogP contribution in [0.2, 0.25) is 0 Å². The van der Waals surface area contributed by atoms with E-state index in [0.717, 1.165) is 5.57 Å². The van der Waals surface area contributed by atoms with Gasteiger partial charge in [-0.25, -0.2) is 4.79 Å². The van der Waals surface area contributed by atoms with Gasteiger partial charge < -0.3 is 9.47 Å². The van der Waals surface area contributed by atoms with Gasteiger partial charge in [-0.05, 0) is 13.3 Å². The van der Waals surface area contributed by atoms with Crippen molar-refractivity contribution in [2.45, 2.75) is 59.2 Å². The Morgan fingerprint density at radius 1 is 1.38 bits per heavy atom. The molecule has 0 aromatic rings. The van der Waals surface area contributed by atoms with Crippen molar-refractivity contribution in [2.24, 2.45) is 17.8 Å².